The van der Waals surface area contributed by atoms with Gasteiger partial charge < -0.3 is 10.6 Å². The highest BCUT2D eigenvalue weighted by molar-refractivity contribution is 5.89. The summed E-state index contributed by atoms with van der Waals surface area (Å²) < 4.78 is 0. The molecule has 0 amide bonds. The largest absolute Gasteiger partial charge is 0.391 e. The highest BCUT2D eigenvalue weighted by Gasteiger charge is 2.16. The lowest BCUT2D eigenvalue weighted by atomic mass is 9.94. The molecular weight excluding hydrogens is 200 g/mol. The average Bonchev–Trinajstić information content (AvgIpc) is 2.33. The molecule has 3 nitrogen and oxygen atoms in total. The van der Waals surface area contributed by atoms with Gasteiger partial charge in [0.05, 0.1) is 5.71 Å². The normalized spacial score (nSPS) is 23.3. The van der Waals surface area contributed by atoms with Crippen LogP contribution in [0.1, 0.15) is 31.2 Å². The topological polar surface area (TPSA) is 47.6 Å². The first-order chi connectivity index (χ1) is 7.86. The maximum absolute atomic E-state index is 5.95. The van der Waals surface area contributed by atoms with Crippen molar-refractivity contribution in [3.05, 3.63) is 35.9 Å². The van der Waals surface area contributed by atoms with Crippen molar-refractivity contribution < 1.29 is 4.84 Å². The van der Waals surface area contributed by atoms with Gasteiger partial charge in [-0.05, 0) is 24.8 Å². The first-order valence-corrected chi connectivity index (χ1v) is 5.84. The van der Waals surface area contributed by atoms with E-state index in [9.17, 15) is 0 Å². The van der Waals surface area contributed by atoms with E-state index in [4.69, 9.17) is 10.6 Å². The molecule has 1 atom stereocenters. The van der Waals surface area contributed by atoms with Crippen LogP contribution in [-0.4, -0.2) is 11.8 Å². The molecule has 0 radical (unpaired) electrons. The third-order valence-corrected chi connectivity index (χ3v) is 2.88. The minimum Gasteiger partial charge on any atom is -0.391 e. The molecule has 2 rings (SSSR count). The van der Waals surface area contributed by atoms with Crippen LogP contribution in [0.3, 0.4) is 0 Å². The molecule has 1 aliphatic rings. The van der Waals surface area contributed by atoms with Crippen molar-refractivity contribution in [2.45, 2.75) is 38.3 Å². The van der Waals surface area contributed by atoms with Gasteiger partial charge in [0.1, 0.15) is 6.61 Å². The van der Waals surface area contributed by atoms with Crippen LogP contribution in [0.4, 0.5) is 0 Å². The second-order valence-electron chi connectivity index (χ2n) is 4.19. The number of oxime groups is 1. The zero-order chi connectivity index (χ0) is 11.2. The lowest BCUT2D eigenvalue weighted by molar-refractivity contribution is 0.128. The number of nitrogens with two attached hydrogens (primary N) is 1. The van der Waals surface area contributed by atoms with E-state index in [-0.39, 0.29) is 6.04 Å². The Hall–Kier alpha value is -1.35. The van der Waals surface area contributed by atoms with Crippen molar-refractivity contribution in [2.24, 2.45) is 10.9 Å². The van der Waals surface area contributed by atoms with Gasteiger partial charge in [-0.15, -0.1) is 0 Å². The van der Waals surface area contributed by atoms with Gasteiger partial charge in [0, 0.05) is 6.04 Å². The number of hydrogen-bond acceptors (Lipinski definition) is 3. The van der Waals surface area contributed by atoms with E-state index >= 15 is 0 Å². The fraction of sp³-hybridized carbons (Fsp3) is 0.462. The summed E-state index contributed by atoms with van der Waals surface area (Å²) in [5, 5.41) is 4.15. The molecule has 0 aromatic heterocycles. The summed E-state index contributed by atoms with van der Waals surface area (Å²) in [6.07, 6.45) is 4.41. The zero-order valence-corrected chi connectivity index (χ0v) is 9.43. The predicted octanol–water partition coefficient (Wildman–Crippen LogP) is 2.46. The van der Waals surface area contributed by atoms with Crippen LogP contribution in [0.25, 0.3) is 0 Å². The molecule has 86 valence electrons. The Balaban J connectivity index is 1.84. The third kappa shape index (κ3) is 3.07. The van der Waals surface area contributed by atoms with E-state index in [1.54, 1.807) is 0 Å². The maximum Gasteiger partial charge on any atom is 0.142 e. The van der Waals surface area contributed by atoms with Crippen molar-refractivity contribution in [3.8, 4) is 0 Å². The van der Waals surface area contributed by atoms with Crippen LogP contribution in [0.5, 0.6) is 0 Å². The Morgan fingerprint density at radius 3 is 2.81 bits per heavy atom. The van der Waals surface area contributed by atoms with E-state index < -0.39 is 0 Å². The minimum absolute atomic E-state index is 0.101. The number of nitrogens with zero attached hydrogens (tertiary/aromatic N) is 1. The van der Waals surface area contributed by atoms with Crippen LogP contribution in [-0.2, 0) is 11.4 Å². The Labute approximate surface area is 96.3 Å². The lowest BCUT2D eigenvalue weighted by Crippen LogP contribution is -2.33. The molecule has 0 spiro atoms. The molecular formula is C13H18N2O. The van der Waals surface area contributed by atoms with Gasteiger partial charge in [-0.2, -0.15) is 0 Å². The van der Waals surface area contributed by atoms with Crippen LogP contribution in [0.2, 0.25) is 0 Å². The quantitative estimate of drug-likeness (QED) is 0.792. The second kappa shape index (κ2) is 5.66. The summed E-state index contributed by atoms with van der Waals surface area (Å²) in [4.78, 5) is 5.34. The molecule has 1 fully saturated rings. The fourth-order valence-electron chi connectivity index (χ4n) is 1.90. The molecule has 16 heavy (non-hydrogen) atoms. The molecule has 2 N–H and O–H groups in total. The van der Waals surface area contributed by atoms with Gasteiger partial charge in [0.25, 0.3) is 0 Å². The van der Waals surface area contributed by atoms with E-state index in [1.165, 1.54) is 12.8 Å². The molecule has 1 aromatic rings. The molecule has 1 saturated carbocycles. The van der Waals surface area contributed by atoms with Gasteiger partial charge in [0.2, 0.25) is 0 Å². The van der Waals surface area contributed by atoms with Crippen molar-refractivity contribution in [1.82, 2.24) is 0 Å². The highest BCUT2D eigenvalue weighted by atomic mass is 16.6. The lowest BCUT2D eigenvalue weighted by Gasteiger charge is -2.19. The van der Waals surface area contributed by atoms with E-state index in [2.05, 4.69) is 5.16 Å². The van der Waals surface area contributed by atoms with E-state index in [1.807, 2.05) is 30.3 Å². The predicted molar refractivity (Wildman–Crippen MR) is 65.1 cm³/mol. The first kappa shape index (κ1) is 11.1. The summed E-state index contributed by atoms with van der Waals surface area (Å²) in [5.74, 6) is 0. The number of rotatable bonds is 3. The minimum atomic E-state index is 0.101. The highest BCUT2D eigenvalue weighted by Crippen LogP contribution is 2.14. The van der Waals surface area contributed by atoms with Gasteiger partial charge in [-0.1, -0.05) is 41.9 Å². The van der Waals surface area contributed by atoms with Crippen molar-refractivity contribution in [3.63, 3.8) is 0 Å². The molecule has 1 aliphatic carbocycles. The van der Waals surface area contributed by atoms with Gasteiger partial charge in [-0.25, -0.2) is 0 Å². The Kier molecular flexibility index (Phi) is 3.94. The average molecular weight is 218 g/mol. The summed E-state index contributed by atoms with van der Waals surface area (Å²) in [7, 11) is 0. The summed E-state index contributed by atoms with van der Waals surface area (Å²) in [5.41, 5.74) is 8.10. The van der Waals surface area contributed by atoms with Gasteiger partial charge >= 0.3 is 0 Å². The van der Waals surface area contributed by atoms with Crippen LogP contribution in [0, 0.1) is 0 Å². The zero-order valence-electron chi connectivity index (χ0n) is 9.43. The van der Waals surface area contributed by atoms with Crippen molar-refractivity contribution in [1.29, 1.82) is 0 Å². The first-order valence-electron chi connectivity index (χ1n) is 5.84. The van der Waals surface area contributed by atoms with Crippen molar-refractivity contribution in [2.75, 3.05) is 0 Å². The number of hydrogen-bond donors (Lipinski definition) is 1. The molecule has 0 saturated heterocycles. The Morgan fingerprint density at radius 2 is 2.06 bits per heavy atom. The fourth-order valence-corrected chi connectivity index (χ4v) is 1.90. The summed E-state index contributed by atoms with van der Waals surface area (Å²) in [6.45, 7) is 0.525. The van der Waals surface area contributed by atoms with Crippen molar-refractivity contribution >= 4 is 5.71 Å². The molecule has 1 unspecified atom stereocenters. The van der Waals surface area contributed by atoms with Crippen LogP contribution < -0.4 is 5.73 Å². The second-order valence-corrected chi connectivity index (χ2v) is 4.19. The Morgan fingerprint density at radius 1 is 1.25 bits per heavy atom. The van der Waals surface area contributed by atoms with Crippen LogP contribution >= 0.6 is 0 Å². The Bertz CT molecular complexity index is 348. The molecule has 0 aliphatic heterocycles. The maximum atomic E-state index is 5.95. The SMILES string of the molecule is NC1CCCC/C1=N/OCc1ccccc1. The van der Waals surface area contributed by atoms with Gasteiger partial charge in [0.15, 0.2) is 0 Å². The monoisotopic (exact) mass is 218 g/mol. The summed E-state index contributed by atoms with van der Waals surface area (Å²) in [6, 6.07) is 10.1. The number of benzene rings is 1. The smallest absolute Gasteiger partial charge is 0.142 e. The standard InChI is InChI=1S/C13H18N2O/c14-12-8-4-5-9-13(12)15-16-10-11-6-2-1-3-7-11/h1-3,6-7,12H,4-5,8-10,14H2/b15-13-. The molecule has 1 aromatic carbocycles. The molecule has 3 heteroatoms. The van der Waals surface area contributed by atoms with E-state index in [0.29, 0.717) is 6.61 Å². The van der Waals surface area contributed by atoms with Gasteiger partial charge in [-0.3, -0.25) is 0 Å². The molecule has 0 bridgehead atoms. The van der Waals surface area contributed by atoms with Crippen LogP contribution in [0.15, 0.2) is 35.5 Å². The van der Waals surface area contributed by atoms with E-state index in [0.717, 1.165) is 24.1 Å². The third-order valence-electron chi connectivity index (χ3n) is 2.88. The summed E-state index contributed by atoms with van der Waals surface area (Å²) >= 11 is 0. The molecule has 0 heterocycles.